The van der Waals surface area contributed by atoms with E-state index in [1.165, 1.54) is 6.08 Å². The molecule has 2 N–H and O–H groups in total. The minimum absolute atomic E-state index is 0.264. The summed E-state index contributed by atoms with van der Waals surface area (Å²) < 4.78 is 16.3. The first-order valence-corrected chi connectivity index (χ1v) is 6.79. The fourth-order valence-electron chi connectivity index (χ4n) is 2.05. The molecule has 0 atom stereocenters. The Balaban J connectivity index is 1.60. The van der Waals surface area contributed by atoms with Crippen molar-refractivity contribution in [3.05, 3.63) is 59.7 Å². The number of hydrogen-bond donors (Lipinski definition) is 1. The van der Waals surface area contributed by atoms with Crippen LogP contribution in [-0.2, 0) is 11.4 Å². The van der Waals surface area contributed by atoms with Crippen molar-refractivity contribution in [3.8, 4) is 17.2 Å². The second kappa shape index (κ2) is 6.22. The topological polar surface area (TPSA) is 70.8 Å². The Morgan fingerprint density at radius 1 is 1.14 bits per heavy atom. The Labute approximate surface area is 127 Å². The monoisotopic (exact) mass is 297 g/mol. The van der Waals surface area contributed by atoms with Crippen LogP contribution in [0.4, 0.5) is 0 Å². The first kappa shape index (κ1) is 14.0. The summed E-state index contributed by atoms with van der Waals surface area (Å²) in [4.78, 5) is 10.7. The summed E-state index contributed by atoms with van der Waals surface area (Å²) in [5.74, 6) is 1.78. The summed E-state index contributed by atoms with van der Waals surface area (Å²) in [6, 6.07) is 13.1. The second-order valence-electron chi connectivity index (χ2n) is 4.78. The van der Waals surface area contributed by atoms with Gasteiger partial charge in [-0.3, -0.25) is 4.79 Å². The van der Waals surface area contributed by atoms with Crippen molar-refractivity contribution in [2.75, 3.05) is 6.79 Å². The molecule has 22 heavy (non-hydrogen) atoms. The average Bonchev–Trinajstić information content (AvgIpc) is 2.99. The molecule has 2 aromatic carbocycles. The van der Waals surface area contributed by atoms with E-state index < -0.39 is 5.91 Å². The van der Waals surface area contributed by atoms with Crippen LogP contribution in [0.15, 0.2) is 48.5 Å². The van der Waals surface area contributed by atoms with E-state index in [9.17, 15) is 4.79 Å². The second-order valence-corrected chi connectivity index (χ2v) is 4.78. The van der Waals surface area contributed by atoms with E-state index in [0.29, 0.717) is 6.61 Å². The molecule has 0 bridgehead atoms. The van der Waals surface area contributed by atoms with Crippen LogP contribution in [0.25, 0.3) is 6.08 Å². The van der Waals surface area contributed by atoms with Crippen molar-refractivity contribution in [1.82, 2.24) is 0 Å². The van der Waals surface area contributed by atoms with E-state index in [-0.39, 0.29) is 6.79 Å². The molecule has 1 aliphatic rings. The highest BCUT2D eigenvalue weighted by Crippen LogP contribution is 2.32. The lowest BCUT2D eigenvalue weighted by molar-refractivity contribution is -0.113. The molecular formula is C17H15NO4. The summed E-state index contributed by atoms with van der Waals surface area (Å²) in [5.41, 5.74) is 6.94. The van der Waals surface area contributed by atoms with E-state index >= 15 is 0 Å². The zero-order chi connectivity index (χ0) is 15.4. The van der Waals surface area contributed by atoms with Crippen molar-refractivity contribution in [3.63, 3.8) is 0 Å². The third-order valence-electron chi connectivity index (χ3n) is 3.16. The number of fused-ring (bicyclic) bond motifs is 1. The lowest BCUT2D eigenvalue weighted by Crippen LogP contribution is -2.05. The van der Waals surface area contributed by atoms with E-state index in [0.717, 1.165) is 28.4 Å². The number of ether oxygens (including phenoxy) is 3. The van der Waals surface area contributed by atoms with Gasteiger partial charge < -0.3 is 19.9 Å². The Hall–Kier alpha value is -2.95. The highest BCUT2D eigenvalue weighted by molar-refractivity contribution is 5.90. The van der Waals surface area contributed by atoms with Crippen molar-refractivity contribution >= 4 is 12.0 Å². The Kier molecular flexibility index (Phi) is 3.96. The molecule has 0 radical (unpaired) electrons. The van der Waals surface area contributed by atoms with Gasteiger partial charge >= 0.3 is 0 Å². The van der Waals surface area contributed by atoms with E-state index in [1.54, 1.807) is 6.08 Å². The molecule has 1 amide bonds. The quantitative estimate of drug-likeness (QED) is 0.861. The van der Waals surface area contributed by atoms with Crippen molar-refractivity contribution in [1.29, 1.82) is 0 Å². The number of carbonyl (C=O) groups is 1. The number of amides is 1. The number of carbonyl (C=O) groups excluding carboxylic acids is 1. The van der Waals surface area contributed by atoms with Gasteiger partial charge in [-0.15, -0.1) is 0 Å². The number of nitrogens with two attached hydrogens (primary N) is 1. The van der Waals surface area contributed by atoms with Crippen LogP contribution in [0, 0.1) is 0 Å². The third kappa shape index (κ3) is 3.38. The summed E-state index contributed by atoms with van der Waals surface area (Å²) >= 11 is 0. The fourth-order valence-corrected chi connectivity index (χ4v) is 2.05. The van der Waals surface area contributed by atoms with Gasteiger partial charge in [-0.05, 0) is 41.5 Å². The average molecular weight is 297 g/mol. The van der Waals surface area contributed by atoms with Gasteiger partial charge in [0.05, 0.1) is 0 Å². The molecule has 0 aliphatic carbocycles. The smallest absolute Gasteiger partial charge is 0.241 e. The zero-order valence-electron chi connectivity index (χ0n) is 11.8. The number of primary amides is 1. The van der Waals surface area contributed by atoms with Gasteiger partial charge in [0.25, 0.3) is 0 Å². The van der Waals surface area contributed by atoms with Gasteiger partial charge in [0.15, 0.2) is 11.5 Å². The van der Waals surface area contributed by atoms with Gasteiger partial charge in [-0.1, -0.05) is 18.2 Å². The number of hydrogen-bond acceptors (Lipinski definition) is 4. The van der Waals surface area contributed by atoms with Gasteiger partial charge in [0.1, 0.15) is 12.4 Å². The lowest BCUT2D eigenvalue weighted by atomic mass is 10.2. The third-order valence-corrected chi connectivity index (χ3v) is 3.16. The normalized spacial score (nSPS) is 12.5. The van der Waals surface area contributed by atoms with E-state index in [1.807, 2.05) is 42.5 Å². The van der Waals surface area contributed by atoms with Crippen LogP contribution in [0.1, 0.15) is 11.1 Å². The van der Waals surface area contributed by atoms with E-state index in [2.05, 4.69) is 0 Å². The maximum absolute atomic E-state index is 10.7. The van der Waals surface area contributed by atoms with Crippen LogP contribution in [0.2, 0.25) is 0 Å². The maximum Gasteiger partial charge on any atom is 0.241 e. The molecule has 0 spiro atoms. The zero-order valence-corrected chi connectivity index (χ0v) is 11.8. The molecule has 3 rings (SSSR count). The summed E-state index contributed by atoms with van der Waals surface area (Å²) in [6.07, 6.45) is 2.98. The summed E-state index contributed by atoms with van der Waals surface area (Å²) in [5, 5.41) is 0. The molecule has 1 heterocycles. The summed E-state index contributed by atoms with van der Waals surface area (Å²) in [6.45, 7) is 0.701. The molecule has 5 heteroatoms. The van der Waals surface area contributed by atoms with Crippen LogP contribution >= 0.6 is 0 Å². The fraction of sp³-hybridized carbons (Fsp3) is 0.118. The van der Waals surface area contributed by atoms with Crippen LogP contribution in [-0.4, -0.2) is 12.7 Å². The predicted octanol–water partition coefficient (Wildman–Crippen LogP) is 2.49. The van der Waals surface area contributed by atoms with Crippen LogP contribution in [0.3, 0.4) is 0 Å². The Bertz CT molecular complexity index is 707. The molecule has 0 aromatic heterocycles. The molecule has 0 saturated carbocycles. The molecule has 112 valence electrons. The Morgan fingerprint density at radius 2 is 1.91 bits per heavy atom. The highest BCUT2D eigenvalue weighted by Gasteiger charge is 2.13. The largest absolute Gasteiger partial charge is 0.489 e. The minimum Gasteiger partial charge on any atom is -0.489 e. The maximum atomic E-state index is 10.7. The van der Waals surface area contributed by atoms with Gasteiger partial charge in [-0.2, -0.15) is 0 Å². The highest BCUT2D eigenvalue weighted by atomic mass is 16.7. The van der Waals surface area contributed by atoms with Gasteiger partial charge in [-0.25, -0.2) is 0 Å². The van der Waals surface area contributed by atoms with Crippen LogP contribution in [0.5, 0.6) is 17.2 Å². The molecule has 0 fully saturated rings. The minimum atomic E-state index is -0.469. The van der Waals surface area contributed by atoms with Gasteiger partial charge in [0, 0.05) is 6.08 Å². The van der Waals surface area contributed by atoms with E-state index in [4.69, 9.17) is 19.9 Å². The molecule has 2 aromatic rings. The molecule has 0 unspecified atom stereocenters. The SMILES string of the molecule is NC(=O)/C=C/c1ccc(OCc2ccc3c(c2)OCO3)cc1. The number of benzene rings is 2. The van der Waals surface area contributed by atoms with Crippen LogP contribution < -0.4 is 19.9 Å². The van der Waals surface area contributed by atoms with Crippen molar-refractivity contribution in [2.45, 2.75) is 6.61 Å². The number of rotatable bonds is 5. The Morgan fingerprint density at radius 3 is 2.68 bits per heavy atom. The lowest BCUT2D eigenvalue weighted by Gasteiger charge is -2.07. The standard InChI is InChI=1S/C17H15NO4/c18-17(19)8-4-12-1-5-14(6-2-12)20-10-13-3-7-15-16(9-13)22-11-21-15/h1-9H,10-11H2,(H2,18,19)/b8-4+. The first-order chi connectivity index (χ1) is 10.7. The molecule has 5 nitrogen and oxygen atoms in total. The van der Waals surface area contributed by atoms with Crippen molar-refractivity contribution < 1.29 is 19.0 Å². The van der Waals surface area contributed by atoms with Gasteiger partial charge in [0.2, 0.25) is 12.7 Å². The first-order valence-electron chi connectivity index (χ1n) is 6.79. The molecule has 0 saturated heterocycles. The predicted molar refractivity (Wildman–Crippen MR) is 81.6 cm³/mol. The summed E-state index contributed by atoms with van der Waals surface area (Å²) in [7, 11) is 0. The molecule has 1 aliphatic heterocycles. The molecular weight excluding hydrogens is 282 g/mol. The van der Waals surface area contributed by atoms with Crippen molar-refractivity contribution in [2.24, 2.45) is 5.73 Å².